The Morgan fingerprint density at radius 3 is 2.65 bits per heavy atom. The van der Waals surface area contributed by atoms with E-state index in [0.717, 1.165) is 11.3 Å². The molecule has 0 bridgehead atoms. The molecule has 0 spiro atoms. The standard InChI is InChI=1S/C16H17N3O4/c1-22-13-6-4-12(5-7-13)9-15(20)17-11-16(21)19-18-10-14-3-2-8-23-14/h2-8,10H,9,11H2,1H3,(H,17,20)(H,19,21)/b18-10-. The molecule has 23 heavy (non-hydrogen) atoms. The van der Waals surface area contributed by atoms with Crippen molar-refractivity contribution in [3.63, 3.8) is 0 Å². The van der Waals surface area contributed by atoms with Gasteiger partial charge in [0.05, 0.1) is 32.6 Å². The fraction of sp³-hybridized carbons (Fsp3) is 0.188. The third kappa shape index (κ3) is 5.66. The first-order valence-electron chi connectivity index (χ1n) is 6.92. The molecule has 2 amide bonds. The minimum Gasteiger partial charge on any atom is -0.497 e. The molecule has 0 saturated carbocycles. The Morgan fingerprint density at radius 1 is 1.22 bits per heavy atom. The number of methoxy groups -OCH3 is 1. The number of carbonyl (C=O) groups excluding carboxylic acids is 2. The van der Waals surface area contributed by atoms with Crippen LogP contribution in [0.25, 0.3) is 0 Å². The van der Waals surface area contributed by atoms with Crippen LogP contribution < -0.4 is 15.5 Å². The van der Waals surface area contributed by atoms with Gasteiger partial charge in [-0.15, -0.1) is 0 Å². The molecule has 120 valence electrons. The zero-order valence-corrected chi connectivity index (χ0v) is 12.6. The summed E-state index contributed by atoms with van der Waals surface area (Å²) in [6.45, 7) is -0.148. The number of furan rings is 1. The molecular weight excluding hydrogens is 298 g/mol. The lowest BCUT2D eigenvalue weighted by atomic mass is 10.1. The maximum absolute atomic E-state index is 11.8. The van der Waals surface area contributed by atoms with Crippen LogP contribution in [-0.2, 0) is 16.0 Å². The molecule has 0 aliphatic rings. The lowest BCUT2D eigenvalue weighted by Crippen LogP contribution is -2.35. The predicted molar refractivity (Wildman–Crippen MR) is 84.2 cm³/mol. The summed E-state index contributed by atoms with van der Waals surface area (Å²) in [5.41, 5.74) is 3.13. The maximum Gasteiger partial charge on any atom is 0.259 e. The summed E-state index contributed by atoms with van der Waals surface area (Å²) in [6, 6.07) is 10.6. The van der Waals surface area contributed by atoms with Crippen LogP contribution in [0.4, 0.5) is 0 Å². The van der Waals surface area contributed by atoms with Crippen molar-refractivity contribution in [3.8, 4) is 5.75 Å². The lowest BCUT2D eigenvalue weighted by Gasteiger charge is -2.05. The molecule has 7 nitrogen and oxygen atoms in total. The summed E-state index contributed by atoms with van der Waals surface area (Å²) in [5.74, 6) is 0.577. The Bertz CT molecular complexity index is 663. The summed E-state index contributed by atoms with van der Waals surface area (Å²) in [4.78, 5) is 23.3. The lowest BCUT2D eigenvalue weighted by molar-refractivity contribution is -0.125. The van der Waals surface area contributed by atoms with Crippen LogP contribution in [0.3, 0.4) is 0 Å². The van der Waals surface area contributed by atoms with Crippen LogP contribution in [0.2, 0.25) is 0 Å². The fourth-order valence-electron chi connectivity index (χ4n) is 1.74. The van der Waals surface area contributed by atoms with Gasteiger partial charge in [0.25, 0.3) is 5.91 Å². The van der Waals surface area contributed by atoms with Gasteiger partial charge in [0.2, 0.25) is 5.91 Å². The van der Waals surface area contributed by atoms with Gasteiger partial charge in [0, 0.05) is 0 Å². The molecule has 1 heterocycles. The molecule has 0 fully saturated rings. The molecule has 0 radical (unpaired) electrons. The van der Waals surface area contributed by atoms with Crippen molar-refractivity contribution >= 4 is 18.0 Å². The van der Waals surface area contributed by atoms with Crippen molar-refractivity contribution in [1.29, 1.82) is 0 Å². The van der Waals surface area contributed by atoms with Crippen molar-refractivity contribution in [3.05, 3.63) is 54.0 Å². The molecule has 2 N–H and O–H groups in total. The van der Waals surface area contributed by atoms with E-state index in [1.54, 1.807) is 43.5 Å². The molecule has 0 atom stereocenters. The third-order valence-corrected chi connectivity index (χ3v) is 2.89. The zero-order chi connectivity index (χ0) is 16.5. The number of amides is 2. The van der Waals surface area contributed by atoms with Crippen LogP contribution >= 0.6 is 0 Å². The molecule has 2 rings (SSSR count). The van der Waals surface area contributed by atoms with Gasteiger partial charge < -0.3 is 14.5 Å². The van der Waals surface area contributed by atoms with Gasteiger partial charge in [-0.2, -0.15) is 5.10 Å². The molecule has 0 aliphatic carbocycles. The van der Waals surface area contributed by atoms with Gasteiger partial charge in [0.15, 0.2) is 0 Å². The third-order valence-electron chi connectivity index (χ3n) is 2.89. The summed E-state index contributed by atoms with van der Waals surface area (Å²) in [5, 5.41) is 6.23. The van der Waals surface area contributed by atoms with E-state index in [2.05, 4.69) is 15.8 Å². The van der Waals surface area contributed by atoms with E-state index < -0.39 is 5.91 Å². The van der Waals surface area contributed by atoms with Crippen LogP contribution in [0.5, 0.6) is 5.75 Å². The van der Waals surface area contributed by atoms with E-state index in [9.17, 15) is 9.59 Å². The first-order valence-corrected chi connectivity index (χ1v) is 6.92. The first kappa shape index (κ1) is 16.3. The van der Waals surface area contributed by atoms with Crippen LogP contribution in [0, 0.1) is 0 Å². The van der Waals surface area contributed by atoms with Gasteiger partial charge in [-0.3, -0.25) is 9.59 Å². The summed E-state index contributed by atoms with van der Waals surface area (Å²) in [6.07, 6.45) is 3.06. The number of benzene rings is 1. The van der Waals surface area contributed by atoms with Gasteiger partial charge in [-0.1, -0.05) is 12.1 Å². The van der Waals surface area contributed by atoms with Gasteiger partial charge in [-0.25, -0.2) is 5.43 Å². The SMILES string of the molecule is COc1ccc(CC(=O)NCC(=O)N/N=C\c2ccco2)cc1. The van der Waals surface area contributed by atoms with Crippen molar-refractivity contribution in [2.24, 2.45) is 5.10 Å². The summed E-state index contributed by atoms with van der Waals surface area (Å²) < 4.78 is 10.1. The quantitative estimate of drug-likeness (QED) is 0.591. The predicted octanol–water partition coefficient (Wildman–Crippen LogP) is 1.10. The first-order chi connectivity index (χ1) is 11.2. The molecule has 0 saturated heterocycles. The summed E-state index contributed by atoms with van der Waals surface area (Å²) >= 11 is 0. The Labute approximate surface area is 133 Å². The zero-order valence-electron chi connectivity index (χ0n) is 12.6. The highest BCUT2D eigenvalue weighted by molar-refractivity contribution is 5.86. The van der Waals surface area contributed by atoms with Gasteiger partial charge in [-0.05, 0) is 29.8 Å². The average Bonchev–Trinajstić information content (AvgIpc) is 3.07. The number of nitrogens with zero attached hydrogens (tertiary/aromatic N) is 1. The van der Waals surface area contributed by atoms with Gasteiger partial charge >= 0.3 is 0 Å². The monoisotopic (exact) mass is 315 g/mol. The van der Waals surface area contributed by atoms with Crippen LogP contribution in [0.15, 0.2) is 52.2 Å². The van der Waals surface area contributed by atoms with Crippen molar-refractivity contribution < 1.29 is 18.7 Å². The molecule has 7 heteroatoms. The second-order valence-electron chi connectivity index (χ2n) is 4.61. The van der Waals surface area contributed by atoms with E-state index in [-0.39, 0.29) is 18.9 Å². The van der Waals surface area contributed by atoms with Crippen molar-refractivity contribution in [2.75, 3.05) is 13.7 Å². The Morgan fingerprint density at radius 2 is 2.00 bits per heavy atom. The van der Waals surface area contributed by atoms with Crippen molar-refractivity contribution in [2.45, 2.75) is 6.42 Å². The van der Waals surface area contributed by atoms with E-state index in [1.807, 2.05) is 0 Å². The minimum absolute atomic E-state index is 0.148. The van der Waals surface area contributed by atoms with E-state index in [0.29, 0.717) is 5.76 Å². The molecule has 1 aromatic heterocycles. The molecule has 0 unspecified atom stereocenters. The number of hydrazone groups is 1. The molecule has 1 aromatic carbocycles. The van der Waals surface area contributed by atoms with Gasteiger partial charge in [0.1, 0.15) is 11.5 Å². The number of hydrogen-bond acceptors (Lipinski definition) is 5. The smallest absolute Gasteiger partial charge is 0.259 e. The number of rotatable bonds is 7. The van der Waals surface area contributed by atoms with Crippen LogP contribution in [0.1, 0.15) is 11.3 Å². The minimum atomic E-state index is -0.420. The number of nitrogens with one attached hydrogen (secondary N) is 2. The number of hydrogen-bond donors (Lipinski definition) is 2. The molecule has 0 aliphatic heterocycles. The maximum atomic E-state index is 11.8. The Balaban J connectivity index is 1.69. The van der Waals surface area contributed by atoms with E-state index in [1.165, 1.54) is 12.5 Å². The van der Waals surface area contributed by atoms with Crippen LogP contribution in [-0.4, -0.2) is 31.7 Å². The van der Waals surface area contributed by atoms with E-state index >= 15 is 0 Å². The molecular formula is C16H17N3O4. The highest BCUT2D eigenvalue weighted by atomic mass is 16.5. The fourth-order valence-corrected chi connectivity index (χ4v) is 1.74. The normalized spacial score (nSPS) is 10.5. The van der Waals surface area contributed by atoms with Crippen molar-refractivity contribution in [1.82, 2.24) is 10.7 Å². The highest BCUT2D eigenvalue weighted by Gasteiger charge is 2.06. The highest BCUT2D eigenvalue weighted by Crippen LogP contribution is 2.11. The second kappa shape index (κ2) is 8.38. The van der Waals surface area contributed by atoms with E-state index in [4.69, 9.17) is 9.15 Å². The number of ether oxygens (including phenoxy) is 1. The number of carbonyl (C=O) groups is 2. The average molecular weight is 315 g/mol. The Hall–Kier alpha value is -3.09. The molecule has 2 aromatic rings. The Kier molecular flexibility index (Phi) is 5.93. The second-order valence-corrected chi connectivity index (χ2v) is 4.61. The topological polar surface area (TPSA) is 92.9 Å². The largest absolute Gasteiger partial charge is 0.497 e. The summed E-state index contributed by atoms with van der Waals surface area (Å²) in [7, 11) is 1.58.